The van der Waals surface area contributed by atoms with Gasteiger partial charge < -0.3 is 24.2 Å². The van der Waals surface area contributed by atoms with Crippen molar-refractivity contribution >= 4 is 11.9 Å². The highest BCUT2D eigenvalue weighted by Crippen LogP contribution is 2.31. The number of hydrogen-bond donors (Lipinski definition) is 1. The molecule has 0 spiro atoms. The molecule has 1 saturated heterocycles. The van der Waals surface area contributed by atoms with Gasteiger partial charge in [0.05, 0.1) is 13.7 Å². The molecular weight excluding hydrogens is 326 g/mol. The smallest absolute Gasteiger partial charge is 0.313 e. The lowest BCUT2D eigenvalue weighted by Crippen LogP contribution is -2.53. The first-order valence-electron chi connectivity index (χ1n) is 8.19. The van der Waals surface area contributed by atoms with Gasteiger partial charge in [-0.2, -0.15) is 0 Å². The van der Waals surface area contributed by atoms with Crippen LogP contribution in [0.25, 0.3) is 0 Å². The van der Waals surface area contributed by atoms with Gasteiger partial charge in [-0.25, -0.2) is 0 Å². The lowest BCUT2D eigenvalue weighted by atomic mass is 9.80. The molecule has 0 aliphatic carbocycles. The number of carboxylic acids is 1. The fraction of sp³-hybridized carbons (Fsp3) is 0.556. The van der Waals surface area contributed by atoms with E-state index in [0.717, 1.165) is 11.3 Å². The van der Waals surface area contributed by atoms with Crippen LogP contribution in [0.4, 0.5) is 0 Å². The third-order valence-electron chi connectivity index (χ3n) is 4.53. The van der Waals surface area contributed by atoms with Crippen LogP contribution in [0.3, 0.4) is 0 Å². The predicted octanol–water partition coefficient (Wildman–Crippen LogP) is 1.72. The molecule has 1 aliphatic rings. The number of carbonyl (C=O) groups is 2. The first-order valence-corrected chi connectivity index (χ1v) is 8.19. The minimum Gasteiger partial charge on any atom is -0.496 e. The van der Waals surface area contributed by atoms with Crippen molar-refractivity contribution in [1.82, 2.24) is 4.90 Å². The summed E-state index contributed by atoms with van der Waals surface area (Å²) in [4.78, 5) is 25.6. The maximum atomic E-state index is 12.4. The minimum absolute atomic E-state index is 0.0879. The lowest BCUT2D eigenvalue weighted by Gasteiger charge is -2.39. The number of rotatable bonds is 7. The molecular formula is C18H25NO6. The summed E-state index contributed by atoms with van der Waals surface area (Å²) in [6.45, 7) is 2.52. The molecule has 0 saturated carbocycles. The molecule has 0 bridgehead atoms. The molecule has 1 N–H and O–H groups in total. The fourth-order valence-corrected chi connectivity index (χ4v) is 3.15. The third-order valence-corrected chi connectivity index (χ3v) is 4.53. The maximum absolute atomic E-state index is 12.4. The zero-order valence-corrected chi connectivity index (χ0v) is 14.9. The second-order valence-electron chi connectivity index (χ2n) is 6.36. The van der Waals surface area contributed by atoms with Gasteiger partial charge in [0, 0.05) is 20.2 Å². The van der Waals surface area contributed by atoms with Crippen LogP contribution in [0.5, 0.6) is 11.5 Å². The molecule has 0 aromatic heterocycles. The van der Waals surface area contributed by atoms with E-state index < -0.39 is 11.4 Å². The van der Waals surface area contributed by atoms with Crippen LogP contribution in [0.1, 0.15) is 18.4 Å². The first kappa shape index (κ1) is 19.1. The van der Waals surface area contributed by atoms with Crippen molar-refractivity contribution in [2.24, 2.45) is 5.41 Å². The van der Waals surface area contributed by atoms with E-state index in [2.05, 4.69) is 0 Å². The van der Waals surface area contributed by atoms with Gasteiger partial charge in [-0.05, 0) is 43.5 Å². The van der Waals surface area contributed by atoms with Crippen molar-refractivity contribution in [1.29, 1.82) is 0 Å². The number of nitrogens with zero attached hydrogens (tertiary/aromatic N) is 1. The molecule has 138 valence electrons. The van der Waals surface area contributed by atoms with Gasteiger partial charge in [0.2, 0.25) is 0 Å². The van der Waals surface area contributed by atoms with E-state index in [-0.39, 0.29) is 25.7 Å². The Morgan fingerprint density at radius 3 is 2.68 bits per heavy atom. The van der Waals surface area contributed by atoms with E-state index in [4.69, 9.17) is 14.2 Å². The highest BCUT2D eigenvalue weighted by Gasteiger charge is 2.43. The number of carboxylic acid groups (broad SMARTS) is 1. The highest BCUT2D eigenvalue weighted by atomic mass is 16.5. The van der Waals surface area contributed by atoms with E-state index >= 15 is 0 Å². The summed E-state index contributed by atoms with van der Waals surface area (Å²) in [7, 11) is 3.07. The monoisotopic (exact) mass is 351 g/mol. The molecule has 1 amide bonds. The quantitative estimate of drug-likeness (QED) is 0.805. The Kier molecular flexibility index (Phi) is 6.25. The van der Waals surface area contributed by atoms with Crippen LogP contribution in [-0.2, 0) is 14.3 Å². The van der Waals surface area contributed by atoms with E-state index in [1.165, 1.54) is 7.11 Å². The molecule has 1 heterocycles. The van der Waals surface area contributed by atoms with Crippen molar-refractivity contribution in [2.75, 3.05) is 40.5 Å². The summed E-state index contributed by atoms with van der Waals surface area (Å²) in [5.74, 6) is 0.166. The third kappa shape index (κ3) is 4.42. The Balaban J connectivity index is 1.98. The second-order valence-corrected chi connectivity index (χ2v) is 6.36. The molecule has 1 aliphatic heterocycles. The molecule has 2 rings (SSSR count). The van der Waals surface area contributed by atoms with E-state index in [9.17, 15) is 14.7 Å². The molecule has 1 aromatic rings. The number of hydrogen-bond acceptors (Lipinski definition) is 5. The van der Waals surface area contributed by atoms with Crippen molar-refractivity contribution in [2.45, 2.75) is 19.8 Å². The van der Waals surface area contributed by atoms with E-state index in [0.29, 0.717) is 25.1 Å². The Hall–Kier alpha value is -2.28. The fourth-order valence-electron chi connectivity index (χ4n) is 3.15. The van der Waals surface area contributed by atoms with E-state index in [1.807, 2.05) is 6.92 Å². The normalized spacial score (nSPS) is 20.2. The average molecular weight is 351 g/mol. The van der Waals surface area contributed by atoms with Crippen LogP contribution in [0.2, 0.25) is 0 Å². The number of benzene rings is 1. The topological polar surface area (TPSA) is 85.3 Å². The van der Waals surface area contributed by atoms with Crippen LogP contribution >= 0.6 is 0 Å². The average Bonchev–Trinajstić information content (AvgIpc) is 2.60. The number of methoxy groups -OCH3 is 2. The molecule has 25 heavy (non-hydrogen) atoms. The summed E-state index contributed by atoms with van der Waals surface area (Å²) < 4.78 is 15.8. The number of aryl methyl sites for hydroxylation is 1. The van der Waals surface area contributed by atoms with Gasteiger partial charge in [0.1, 0.15) is 16.9 Å². The molecule has 0 radical (unpaired) electrons. The van der Waals surface area contributed by atoms with Crippen molar-refractivity contribution in [3.63, 3.8) is 0 Å². The van der Waals surface area contributed by atoms with Gasteiger partial charge in [-0.3, -0.25) is 9.59 Å². The predicted molar refractivity (Wildman–Crippen MR) is 91.0 cm³/mol. The molecule has 1 unspecified atom stereocenters. The number of amides is 1. The standard InChI is InChI=1S/C18H25NO6/c1-13-9-14(5-6-15(13)24-3)25-10-16(20)19-8-4-7-18(11-19,12-23-2)17(21)22/h5-6,9H,4,7-8,10-12H2,1-3H3,(H,21,22). The summed E-state index contributed by atoms with van der Waals surface area (Å²) in [5, 5.41) is 9.55. The highest BCUT2D eigenvalue weighted by molar-refractivity contribution is 5.80. The summed E-state index contributed by atoms with van der Waals surface area (Å²) in [6, 6.07) is 5.32. The Morgan fingerprint density at radius 1 is 1.32 bits per heavy atom. The molecule has 1 fully saturated rings. The second kappa shape index (κ2) is 8.20. The first-order chi connectivity index (χ1) is 11.9. The van der Waals surface area contributed by atoms with Gasteiger partial charge >= 0.3 is 5.97 Å². The van der Waals surface area contributed by atoms with Crippen LogP contribution < -0.4 is 9.47 Å². The lowest BCUT2D eigenvalue weighted by molar-refractivity contribution is -0.159. The van der Waals surface area contributed by atoms with Crippen molar-refractivity contribution in [3.05, 3.63) is 23.8 Å². The molecule has 7 heteroatoms. The van der Waals surface area contributed by atoms with Crippen LogP contribution in [0.15, 0.2) is 18.2 Å². The van der Waals surface area contributed by atoms with Gasteiger partial charge in [-0.15, -0.1) is 0 Å². The van der Waals surface area contributed by atoms with Gasteiger partial charge in [0.15, 0.2) is 6.61 Å². The zero-order chi connectivity index (χ0) is 18.4. The number of aliphatic carboxylic acids is 1. The zero-order valence-electron chi connectivity index (χ0n) is 14.9. The molecule has 7 nitrogen and oxygen atoms in total. The number of ether oxygens (including phenoxy) is 3. The van der Waals surface area contributed by atoms with Crippen molar-refractivity contribution < 1.29 is 28.9 Å². The molecule has 1 atom stereocenters. The summed E-state index contributed by atoms with van der Waals surface area (Å²) >= 11 is 0. The number of piperidine rings is 1. The largest absolute Gasteiger partial charge is 0.496 e. The SMILES string of the molecule is COCC1(C(=O)O)CCCN(C(=O)COc2ccc(OC)c(C)c2)C1. The Labute approximate surface area is 147 Å². The van der Waals surface area contributed by atoms with Crippen LogP contribution in [0, 0.1) is 12.3 Å². The Bertz CT molecular complexity index is 628. The number of carbonyl (C=O) groups excluding carboxylic acids is 1. The van der Waals surface area contributed by atoms with Gasteiger partial charge in [-0.1, -0.05) is 0 Å². The molecule has 1 aromatic carbocycles. The van der Waals surface area contributed by atoms with Crippen LogP contribution in [-0.4, -0.2) is 62.4 Å². The Morgan fingerprint density at radius 2 is 2.08 bits per heavy atom. The van der Waals surface area contributed by atoms with E-state index in [1.54, 1.807) is 30.2 Å². The van der Waals surface area contributed by atoms with Gasteiger partial charge in [0.25, 0.3) is 5.91 Å². The number of likely N-dealkylation sites (tertiary alicyclic amines) is 1. The van der Waals surface area contributed by atoms with Crippen molar-refractivity contribution in [3.8, 4) is 11.5 Å². The maximum Gasteiger partial charge on any atom is 0.313 e. The minimum atomic E-state index is -1.04. The summed E-state index contributed by atoms with van der Waals surface area (Å²) in [6.07, 6.45) is 1.13. The summed E-state index contributed by atoms with van der Waals surface area (Å²) in [5.41, 5.74) is -0.130.